The Morgan fingerprint density at radius 3 is 2.48 bits per heavy atom. The van der Waals surface area contributed by atoms with Crippen LogP contribution in [0.4, 0.5) is 5.69 Å². The van der Waals surface area contributed by atoms with Crippen LogP contribution < -0.4 is 10.5 Å². The summed E-state index contributed by atoms with van der Waals surface area (Å²) < 4.78 is 12.9. The molecule has 0 saturated carbocycles. The second-order valence-corrected chi connectivity index (χ2v) is 6.47. The fraction of sp³-hybridized carbons (Fsp3) is 0.300. The minimum Gasteiger partial charge on any atom is -0.492 e. The molecule has 3 aromatic rings. The zero-order valence-corrected chi connectivity index (χ0v) is 15.1. The van der Waals surface area contributed by atoms with Gasteiger partial charge in [-0.15, -0.1) is 5.10 Å². The third-order valence-corrected chi connectivity index (χ3v) is 4.58. The van der Waals surface area contributed by atoms with Crippen molar-refractivity contribution in [2.45, 2.75) is 0 Å². The van der Waals surface area contributed by atoms with E-state index < -0.39 is 0 Å². The molecule has 140 valence electrons. The predicted molar refractivity (Wildman–Crippen MR) is 104 cm³/mol. The molecule has 0 aliphatic carbocycles. The van der Waals surface area contributed by atoms with E-state index in [4.69, 9.17) is 15.2 Å². The van der Waals surface area contributed by atoms with E-state index in [2.05, 4.69) is 15.2 Å². The van der Waals surface area contributed by atoms with Crippen LogP contribution in [-0.4, -0.2) is 59.3 Å². The van der Waals surface area contributed by atoms with Gasteiger partial charge in [0.15, 0.2) is 0 Å². The number of aromatic nitrogens is 3. The van der Waals surface area contributed by atoms with Gasteiger partial charge in [0, 0.05) is 30.9 Å². The largest absolute Gasteiger partial charge is 0.492 e. The van der Waals surface area contributed by atoms with Crippen LogP contribution in [0.15, 0.2) is 54.7 Å². The Kier molecular flexibility index (Phi) is 5.32. The first-order chi connectivity index (χ1) is 13.3. The topological polar surface area (TPSA) is 78.4 Å². The highest BCUT2D eigenvalue weighted by atomic mass is 16.5. The van der Waals surface area contributed by atoms with E-state index in [0.29, 0.717) is 6.61 Å². The fourth-order valence-electron chi connectivity index (χ4n) is 2.99. The van der Waals surface area contributed by atoms with E-state index in [1.54, 1.807) is 4.68 Å². The summed E-state index contributed by atoms with van der Waals surface area (Å²) >= 11 is 0. The summed E-state index contributed by atoms with van der Waals surface area (Å²) in [5, 5.41) is 8.46. The summed E-state index contributed by atoms with van der Waals surface area (Å²) in [6, 6.07) is 15.5. The maximum Gasteiger partial charge on any atom is 0.119 e. The Bertz CT molecular complexity index is 855. The van der Waals surface area contributed by atoms with Crippen LogP contribution in [0.25, 0.3) is 16.9 Å². The summed E-state index contributed by atoms with van der Waals surface area (Å²) in [6.45, 7) is 5.17. The third kappa shape index (κ3) is 4.45. The highest BCUT2D eigenvalue weighted by Gasteiger charge is 2.10. The molecule has 2 N–H and O–H groups in total. The first kappa shape index (κ1) is 17.5. The summed E-state index contributed by atoms with van der Waals surface area (Å²) in [4.78, 5) is 2.35. The number of benzene rings is 2. The monoisotopic (exact) mass is 365 g/mol. The Morgan fingerprint density at radius 2 is 1.74 bits per heavy atom. The summed E-state index contributed by atoms with van der Waals surface area (Å²) in [5.74, 6) is 0.859. The van der Waals surface area contributed by atoms with Crippen LogP contribution >= 0.6 is 0 Å². The maximum absolute atomic E-state index is 5.85. The maximum atomic E-state index is 5.85. The number of anilines is 1. The minimum absolute atomic E-state index is 0.673. The standard InChI is InChI=1S/C20H23N5O2/c21-17-3-5-18(6-4-17)25-15-20(22-23-25)16-1-7-19(8-2-16)27-14-11-24-9-12-26-13-10-24/h1-8,15H,9-14,21H2. The molecule has 7 heteroatoms. The van der Waals surface area contributed by atoms with Crippen LogP contribution in [0.3, 0.4) is 0 Å². The van der Waals surface area contributed by atoms with Crippen molar-refractivity contribution in [3.8, 4) is 22.7 Å². The average molecular weight is 365 g/mol. The van der Waals surface area contributed by atoms with Crippen molar-refractivity contribution in [3.63, 3.8) is 0 Å². The molecule has 0 atom stereocenters. The molecule has 2 heterocycles. The summed E-state index contributed by atoms with van der Waals surface area (Å²) in [6.07, 6.45) is 1.90. The molecule has 27 heavy (non-hydrogen) atoms. The van der Waals surface area contributed by atoms with Gasteiger partial charge in [0.2, 0.25) is 0 Å². The summed E-state index contributed by atoms with van der Waals surface area (Å²) in [5.41, 5.74) is 9.18. The SMILES string of the molecule is Nc1ccc(-n2cc(-c3ccc(OCCN4CCOCC4)cc3)nn2)cc1. The van der Waals surface area contributed by atoms with Gasteiger partial charge >= 0.3 is 0 Å². The lowest BCUT2D eigenvalue weighted by Gasteiger charge is -2.26. The summed E-state index contributed by atoms with van der Waals surface area (Å²) in [7, 11) is 0. The number of nitrogens with two attached hydrogens (primary N) is 1. The van der Waals surface area contributed by atoms with E-state index in [0.717, 1.165) is 61.2 Å². The Labute approximate surface area is 158 Å². The fourth-order valence-corrected chi connectivity index (χ4v) is 2.99. The molecule has 0 radical (unpaired) electrons. The van der Waals surface area contributed by atoms with Crippen molar-refractivity contribution in [3.05, 3.63) is 54.7 Å². The normalized spacial score (nSPS) is 15.0. The molecular weight excluding hydrogens is 342 g/mol. The van der Waals surface area contributed by atoms with Gasteiger partial charge in [-0.2, -0.15) is 0 Å². The molecule has 1 fully saturated rings. The highest BCUT2D eigenvalue weighted by molar-refractivity contribution is 5.59. The number of hydrogen-bond donors (Lipinski definition) is 1. The van der Waals surface area contributed by atoms with Gasteiger partial charge in [-0.25, -0.2) is 4.68 Å². The van der Waals surface area contributed by atoms with Crippen molar-refractivity contribution < 1.29 is 9.47 Å². The number of nitrogen functional groups attached to an aromatic ring is 1. The number of nitrogens with zero attached hydrogens (tertiary/aromatic N) is 4. The Balaban J connectivity index is 1.35. The molecule has 1 aliphatic rings. The van der Waals surface area contributed by atoms with E-state index in [-0.39, 0.29) is 0 Å². The predicted octanol–water partition coefficient (Wildman–Crippen LogP) is 2.23. The quantitative estimate of drug-likeness (QED) is 0.675. The Hall–Kier alpha value is -2.90. The van der Waals surface area contributed by atoms with Crippen LogP contribution in [0.5, 0.6) is 5.75 Å². The molecule has 4 rings (SSSR count). The zero-order chi connectivity index (χ0) is 18.5. The van der Waals surface area contributed by atoms with E-state index in [1.807, 2.05) is 54.7 Å². The molecule has 0 unspecified atom stereocenters. The van der Waals surface area contributed by atoms with E-state index in [9.17, 15) is 0 Å². The third-order valence-electron chi connectivity index (χ3n) is 4.58. The van der Waals surface area contributed by atoms with Crippen LogP contribution in [0.1, 0.15) is 0 Å². The van der Waals surface area contributed by atoms with E-state index >= 15 is 0 Å². The molecular formula is C20H23N5O2. The molecule has 0 spiro atoms. The molecule has 1 saturated heterocycles. The van der Waals surface area contributed by atoms with Crippen molar-refractivity contribution in [2.75, 3.05) is 45.2 Å². The second kappa shape index (κ2) is 8.20. The van der Waals surface area contributed by atoms with Gasteiger partial charge in [0.25, 0.3) is 0 Å². The first-order valence-corrected chi connectivity index (χ1v) is 9.09. The van der Waals surface area contributed by atoms with Gasteiger partial charge in [0.05, 0.1) is 25.1 Å². The van der Waals surface area contributed by atoms with Crippen LogP contribution in [0, 0.1) is 0 Å². The van der Waals surface area contributed by atoms with Crippen LogP contribution in [-0.2, 0) is 4.74 Å². The second-order valence-electron chi connectivity index (χ2n) is 6.47. The first-order valence-electron chi connectivity index (χ1n) is 9.09. The number of hydrogen-bond acceptors (Lipinski definition) is 6. The molecule has 1 aromatic heterocycles. The zero-order valence-electron chi connectivity index (χ0n) is 15.1. The molecule has 7 nitrogen and oxygen atoms in total. The highest BCUT2D eigenvalue weighted by Crippen LogP contribution is 2.21. The lowest BCUT2D eigenvalue weighted by molar-refractivity contribution is 0.0322. The molecule has 0 bridgehead atoms. The van der Waals surface area contributed by atoms with Crippen molar-refractivity contribution in [2.24, 2.45) is 0 Å². The van der Waals surface area contributed by atoms with Gasteiger partial charge < -0.3 is 15.2 Å². The van der Waals surface area contributed by atoms with Crippen molar-refractivity contribution in [1.82, 2.24) is 19.9 Å². The minimum atomic E-state index is 0.673. The van der Waals surface area contributed by atoms with Crippen LogP contribution in [0.2, 0.25) is 0 Å². The van der Waals surface area contributed by atoms with Gasteiger partial charge in [-0.05, 0) is 48.5 Å². The molecule has 1 aliphatic heterocycles. The number of rotatable bonds is 6. The Morgan fingerprint density at radius 1 is 1.00 bits per heavy atom. The number of morpholine rings is 1. The van der Waals surface area contributed by atoms with E-state index in [1.165, 1.54) is 0 Å². The van der Waals surface area contributed by atoms with Gasteiger partial charge in [-0.3, -0.25) is 4.90 Å². The molecule has 2 aromatic carbocycles. The lowest BCUT2D eigenvalue weighted by Crippen LogP contribution is -2.38. The van der Waals surface area contributed by atoms with Gasteiger partial charge in [0.1, 0.15) is 18.1 Å². The average Bonchev–Trinajstić information content (AvgIpc) is 3.20. The van der Waals surface area contributed by atoms with Crippen molar-refractivity contribution in [1.29, 1.82) is 0 Å². The smallest absolute Gasteiger partial charge is 0.119 e. The van der Waals surface area contributed by atoms with Gasteiger partial charge in [-0.1, -0.05) is 5.21 Å². The number of ether oxygens (including phenoxy) is 2. The lowest BCUT2D eigenvalue weighted by atomic mass is 10.1. The van der Waals surface area contributed by atoms with Crippen molar-refractivity contribution >= 4 is 5.69 Å². The molecule has 0 amide bonds.